The van der Waals surface area contributed by atoms with Gasteiger partial charge in [-0.3, -0.25) is 9.97 Å². The Balaban J connectivity index is 1.86. The van der Waals surface area contributed by atoms with Crippen molar-refractivity contribution in [1.29, 1.82) is 0 Å². The molecule has 1 atom stereocenters. The SMILES string of the molecule is Cc1cccc(C[C@@H](C)n2ccnc2-c2ccncc2)n1. The summed E-state index contributed by atoms with van der Waals surface area (Å²) in [5.41, 5.74) is 3.25. The first-order chi connectivity index (χ1) is 10.2. The van der Waals surface area contributed by atoms with Crippen molar-refractivity contribution in [2.75, 3.05) is 0 Å². The lowest BCUT2D eigenvalue weighted by atomic mass is 10.1. The highest BCUT2D eigenvalue weighted by Crippen LogP contribution is 2.22. The average molecular weight is 278 g/mol. The van der Waals surface area contributed by atoms with Crippen LogP contribution in [0.2, 0.25) is 0 Å². The zero-order valence-corrected chi connectivity index (χ0v) is 12.3. The van der Waals surface area contributed by atoms with Gasteiger partial charge >= 0.3 is 0 Å². The number of aromatic nitrogens is 4. The van der Waals surface area contributed by atoms with Crippen molar-refractivity contribution in [2.24, 2.45) is 0 Å². The van der Waals surface area contributed by atoms with Gasteiger partial charge in [0.2, 0.25) is 0 Å². The summed E-state index contributed by atoms with van der Waals surface area (Å²) >= 11 is 0. The fourth-order valence-corrected chi connectivity index (χ4v) is 2.51. The van der Waals surface area contributed by atoms with Gasteiger partial charge in [-0.2, -0.15) is 0 Å². The van der Waals surface area contributed by atoms with Crippen LogP contribution in [0.3, 0.4) is 0 Å². The minimum Gasteiger partial charge on any atom is -0.328 e. The molecule has 0 unspecified atom stereocenters. The van der Waals surface area contributed by atoms with E-state index in [1.54, 1.807) is 12.4 Å². The van der Waals surface area contributed by atoms with Gasteiger partial charge in [-0.05, 0) is 38.1 Å². The third-order valence-corrected chi connectivity index (χ3v) is 3.53. The Morgan fingerprint density at radius 3 is 2.67 bits per heavy atom. The molecule has 0 saturated heterocycles. The molecule has 3 aromatic heterocycles. The van der Waals surface area contributed by atoms with Gasteiger partial charge in [0.25, 0.3) is 0 Å². The van der Waals surface area contributed by atoms with Gasteiger partial charge < -0.3 is 4.57 Å². The van der Waals surface area contributed by atoms with Crippen molar-refractivity contribution in [2.45, 2.75) is 26.3 Å². The maximum Gasteiger partial charge on any atom is 0.140 e. The number of hydrogen-bond acceptors (Lipinski definition) is 3. The van der Waals surface area contributed by atoms with Crippen LogP contribution in [0.1, 0.15) is 24.4 Å². The number of hydrogen-bond donors (Lipinski definition) is 0. The van der Waals surface area contributed by atoms with Gasteiger partial charge in [0.05, 0.1) is 0 Å². The first-order valence-corrected chi connectivity index (χ1v) is 7.10. The van der Waals surface area contributed by atoms with E-state index >= 15 is 0 Å². The van der Waals surface area contributed by atoms with Crippen LogP contribution in [-0.4, -0.2) is 19.5 Å². The quantitative estimate of drug-likeness (QED) is 0.734. The van der Waals surface area contributed by atoms with E-state index in [1.807, 2.05) is 37.5 Å². The summed E-state index contributed by atoms with van der Waals surface area (Å²) in [6.07, 6.45) is 8.34. The Labute approximate surface area is 124 Å². The maximum absolute atomic E-state index is 4.58. The van der Waals surface area contributed by atoms with Crippen LogP contribution in [0.5, 0.6) is 0 Å². The Hall–Kier alpha value is -2.49. The van der Waals surface area contributed by atoms with Gasteiger partial charge in [-0.1, -0.05) is 6.07 Å². The molecule has 0 spiro atoms. The molecule has 0 fully saturated rings. The summed E-state index contributed by atoms with van der Waals surface area (Å²) in [6, 6.07) is 10.4. The Kier molecular flexibility index (Phi) is 3.77. The van der Waals surface area contributed by atoms with Crippen molar-refractivity contribution >= 4 is 0 Å². The standard InChI is InChI=1S/C17H18N4/c1-13-4-3-5-16(20-13)12-14(2)21-11-10-19-17(21)15-6-8-18-9-7-15/h3-11,14H,12H2,1-2H3/t14-/m1/s1. The highest BCUT2D eigenvalue weighted by molar-refractivity contribution is 5.54. The normalized spacial score (nSPS) is 12.3. The number of imidazole rings is 1. The molecule has 0 amide bonds. The Bertz CT molecular complexity index is 718. The predicted molar refractivity (Wildman–Crippen MR) is 82.8 cm³/mol. The molecular formula is C17H18N4. The van der Waals surface area contributed by atoms with E-state index in [2.05, 4.69) is 38.6 Å². The predicted octanol–water partition coefficient (Wildman–Crippen LogP) is 3.45. The van der Waals surface area contributed by atoms with Gasteiger partial charge in [-0.15, -0.1) is 0 Å². The molecule has 0 aliphatic heterocycles. The highest BCUT2D eigenvalue weighted by atomic mass is 15.1. The van der Waals surface area contributed by atoms with Crippen molar-refractivity contribution in [1.82, 2.24) is 19.5 Å². The topological polar surface area (TPSA) is 43.6 Å². The van der Waals surface area contributed by atoms with Crippen molar-refractivity contribution in [3.05, 3.63) is 66.5 Å². The van der Waals surface area contributed by atoms with E-state index in [9.17, 15) is 0 Å². The minimum absolute atomic E-state index is 0.296. The molecule has 4 nitrogen and oxygen atoms in total. The fourth-order valence-electron chi connectivity index (χ4n) is 2.51. The monoisotopic (exact) mass is 278 g/mol. The second kappa shape index (κ2) is 5.87. The average Bonchev–Trinajstić information content (AvgIpc) is 2.98. The Morgan fingerprint density at radius 2 is 1.90 bits per heavy atom. The highest BCUT2D eigenvalue weighted by Gasteiger charge is 2.12. The second-order valence-electron chi connectivity index (χ2n) is 5.22. The minimum atomic E-state index is 0.296. The molecule has 3 heterocycles. The van der Waals surface area contributed by atoms with E-state index in [4.69, 9.17) is 0 Å². The van der Waals surface area contributed by atoms with Crippen LogP contribution in [-0.2, 0) is 6.42 Å². The van der Waals surface area contributed by atoms with Gasteiger partial charge in [0, 0.05) is 54.2 Å². The fraction of sp³-hybridized carbons (Fsp3) is 0.235. The molecule has 0 aromatic carbocycles. The smallest absolute Gasteiger partial charge is 0.140 e. The molecule has 0 aliphatic rings. The third kappa shape index (κ3) is 2.99. The number of rotatable bonds is 4. The summed E-state index contributed by atoms with van der Waals surface area (Å²) in [7, 11) is 0. The maximum atomic E-state index is 4.58. The van der Waals surface area contributed by atoms with Crippen LogP contribution >= 0.6 is 0 Å². The van der Waals surface area contributed by atoms with Gasteiger partial charge in [-0.25, -0.2) is 4.98 Å². The van der Waals surface area contributed by atoms with Crippen molar-refractivity contribution in [3.8, 4) is 11.4 Å². The van der Waals surface area contributed by atoms with E-state index in [0.717, 1.165) is 29.2 Å². The molecule has 21 heavy (non-hydrogen) atoms. The molecule has 106 valence electrons. The molecule has 4 heteroatoms. The first-order valence-electron chi connectivity index (χ1n) is 7.10. The summed E-state index contributed by atoms with van der Waals surface area (Å²) in [5.74, 6) is 0.970. The van der Waals surface area contributed by atoms with Crippen LogP contribution in [0.4, 0.5) is 0 Å². The van der Waals surface area contributed by atoms with E-state index in [1.165, 1.54) is 0 Å². The lowest BCUT2D eigenvalue weighted by Crippen LogP contribution is -2.10. The van der Waals surface area contributed by atoms with E-state index in [0.29, 0.717) is 6.04 Å². The summed E-state index contributed by atoms with van der Waals surface area (Å²) in [5, 5.41) is 0. The van der Waals surface area contributed by atoms with Crippen LogP contribution in [0, 0.1) is 6.92 Å². The lowest BCUT2D eigenvalue weighted by molar-refractivity contribution is 0.543. The van der Waals surface area contributed by atoms with Crippen molar-refractivity contribution in [3.63, 3.8) is 0 Å². The molecule has 0 aliphatic carbocycles. The van der Waals surface area contributed by atoms with Crippen LogP contribution in [0.15, 0.2) is 55.1 Å². The van der Waals surface area contributed by atoms with Crippen LogP contribution in [0.25, 0.3) is 11.4 Å². The molecule has 0 bridgehead atoms. The van der Waals surface area contributed by atoms with Crippen LogP contribution < -0.4 is 0 Å². The zero-order chi connectivity index (χ0) is 14.7. The summed E-state index contributed by atoms with van der Waals surface area (Å²) < 4.78 is 2.19. The van der Waals surface area contributed by atoms with Gasteiger partial charge in [0.1, 0.15) is 5.82 Å². The number of pyridine rings is 2. The first kappa shape index (κ1) is 13.5. The number of nitrogens with zero attached hydrogens (tertiary/aromatic N) is 4. The molecule has 0 N–H and O–H groups in total. The van der Waals surface area contributed by atoms with Gasteiger partial charge in [0.15, 0.2) is 0 Å². The van der Waals surface area contributed by atoms with E-state index < -0.39 is 0 Å². The van der Waals surface area contributed by atoms with Crippen molar-refractivity contribution < 1.29 is 0 Å². The molecule has 0 radical (unpaired) electrons. The molecule has 3 aromatic rings. The second-order valence-corrected chi connectivity index (χ2v) is 5.22. The summed E-state index contributed by atoms with van der Waals surface area (Å²) in [6.45, 7) is 4.21. The summed E-state index contributed by atoms with van der Waals surface area (Å²) in [4.78, 5) is 13.1. The zero-order valence-electron chi connectivity index (χ0n) is 12.3. The molecule has 3 rings (SSSR count). The van der Waals surface area contributed by atoms with E-state index in [-0.39, 0.29) is 0 Å². The lowest BCUT2D eigenvalue weighted by Gasteiger charge is -2.16. The Morgan fingerprint density at radius 1 is 1.10 bits per heavy atom. The molecular weight excluding hydrogens is 260 g/mol. The largest absolute Gasteiger partial charge is 0.328 e. The third-order valence-electron chi connectivity index (χ3n) is 3.53. The number of aryl methyl sites for hydroxylation is 1. The molecule has 0 saturated carbocycles.